The first kappa shape index (κ1) is 18.0. The van der Waals surface area contributed by atoms with E-state index in [1.54, 1.807) is 23.4 Å². The summed E-state index contributed by atoms with van der Waals surface area (Å²) in [5.41, 5.74) is 7.68. The van der Waals surface area contributed by atoms with Crippen LogP contribution in [0.15, 0.2) is 30.6 Å². The van der Waals surface area contributed by atoms with Gasteiger partial charge in [-0.15, -0.1) is 11.3 Å². The predicted molar refractivity (Wildman–Crippen MR) is 111 cm³/mol. The van der Waals surface area contributed by atoms with Crippen molar-refractivity contribution in [3.8, 4) is 10.6 Å². The number of nitrogen functional groups attached to an aromatic ring is 1. The Kier molecular flexibility index (Phi) is 4.39. The number of carbonyl (C=O) groups is 1. The predicted octanol–water partition coefficient (Wildman–Crippen LogP) is 3.12. The summed E-state index contributed by atoms with van der Waals surface area (Å²) < 4.78 is 13.8. The highest BCUT2D eigenvalue weighted by molar-refractivity contribution is 7.17. The second-order valence-corrected chi connectivity index (χ2v) is 8.17. The molecule has 148 valence electrons. The number of fused-ring (bicyclic) bond motifs is 1. The van der Waals surface area contributed by atoms with Gasteiger partial charge >= 0.3 is 0 Å². The summed E-state index contributed by atoms with van der Waals surface area (Å²) in [6, 6.07) is 4.43. The van der Waals surface area contributed by atoms with Crippen LogP contribution in [-0.2, 0) is 6.42 Å². The molecule has 3 aromatic rings. The minimum atomic E-state index is -0.527. The number of halogens is 1. The Balaban J connectivity index is 1.41. The maximum absolute atomic E-state index is 13.8. The molecule has 0 bridgehead atoms. The van der Waals surface area contributed by atoms with E-state index in [-0.39, 0.29) is 11.6 Å². The number of aromatic nitrogens is 3. The van der Waals surface area contributed by atoms with E-state index in [1.165, 1.54) is 36.3 Å². The molecule has 2 N–H and O–H groups in total. The minimum absolute atomic E-state index is 0.0661. The molecule has 7 nitrogen and oxygen atoms in total. The normalized spacial score (nSPS) is 16.4. The summed E-state index contributed by atoms with van der Waals surface area (Å²) in [5, 5.41) is 0.724. The first-order chi connectivity index (χ1) is 14.1. The van der Waals surface area contributed by atoms with Crippen molar-refractivity contribution in [2.45, 2.75) is 19.3 Å². The van der Waals surface area contributed by atoms with E-state index < -0.39 is 5.82 Å². The number of rotatable bonds is 3. The Morgan fingerprint density at radius 1 is 1.10 bits per heavy atom. The number of anilines is 3. The lowest BCUT2D eigenvalue weighted by molar-refractivity contribution is 0.0984. The molecule has 1 amide bonds. The number of nitrogens with two attached hydrogens (primary N) is 1. The molecule has 29 heavy (non-hydrogen) atoms. The Morgan fingerprint density at radius 2 is 1.86 bits per heavy atom. The smallest absolute Gasteiger partial charge is 0.270 e. The molecule has 0 aliphatic carbocycles. The summed E-state index contributed by atoms with van der Waals surface area (Å²) in [7, 11) is 0. The van der Waals surface area contributed by atoms with Crippen LogP contribution in [0.1, 0.15) is 28.2 Å². The van der Waals surface area contributed by atoms with Crippen molar-refractivity contribution >= 4 is 34.6 Å². The van der Waals surface area contributed by atoms with Crippen molar-refractivity contribution in [1.82, 2.24) is 15.0 Å². The fraction of sp³-hybridized carbons (Fsp3) is 0.300. The van der Waals surface area contributed by atoms with Gasteiger partial charge in [0, 0.05) is 49.7 Å². The van der Waals surface area contributed by atoms with Gasteiger partial charge in [0.15, 0.2) is 0 Å². The number of amides is 1. The van der Waals surface area contributed by atoms with Crippen LogP contribution < -0.4 is 15.5 Å². The summed E-state index contributed by atoms with van der Waals surface area (Å²) in [6.07, 6.45) is 6.48. The third kappa shape index (κ3) is 3.21. The molecule has 2 aliphatic heterocycles. The molecule has 1 saturated heterocycles. The summed E-state index contributed by atoms with van der Waals surface area (Å²) in [6.45, 7) is 2.42. The van der Waals surface area contributed by atoms with E-state index in [4.69, 9.17) is 5.73 Å². The zero-order valence-electron chi connectivity index (χ0n) is 15.6. The van der Waals surface area contributed by atoms with E-state index in [9.17, 15) is 9.18 Å². The van der Waals surface area contributed by atoms with Gasteiger partial charge in [0.25, 0.3) is 5.91 Å². The molecule has 1 aromatic carbocycles. The number of nitrogens with zero attached hydrogens (tertiary/aromatic N) is 5. The van der Waals surface area contributed by atoms with Gasteiger partial charge in [-0.1, -0.05) is 0 Å². The molecule has 0 spiro atoms. The molecule has 9 heteroatoms. The topological polar surface area (TPSA) is 88.2 Å². The number of benzene rings is 1. The van der Waals surface area contributed by atoms with Gasteiger partial charge in [-0.25, -0.2) is 19.3 Å². The maximum Gasteiger partial charge on any atom is 0.270 e. The number of carbonyl (C=O) groups excluding carboxylic acids is 1. The van der Waals surface area contributed by atoms with Crippen LogP contribution in [0.25, 0.3) is 10.6 Å². The second-order valence-electron chi connectivity index (χ2n) is 7.17. The molecule has 5 rings (SSSR count). The fourth-order valence-electron chi connectivity index (χ4n) is 3.70. The molecule has 0 atom stereocenters. The van der Waals surface area contributed by atoms with Gasteiger partial charge in [-0.2, -0.15) is 0 Å². The molecular weight excluding hydrogens is 391 g/mol. The average molecular weight is 410 g/mol. The van der Waals surface area contributed by atoms with E-state index in [0.29, 0.717) is 23.5 Å². The molecular formula is C20H19FN6OS. The first-order valence-corrected chi connectivity index (χ1v) is 10.4. The molecule has 2 aromatic heterocycles. The minimum Gasteiger partial charge on any atom is -0.396 e. The van der Waals surface area contributed by atoms with E-state index in [0.717, 1.165) is 35.3 Å². The van der Waals surface area contributed by atoms with Gasteiger partial charge in [0.2, 0.25) is 5.95 Å². The monoisotopic (exact) mass is 410 g/mol. The zero-order chi connectivity index (χ0) is 20.0. The molecule has 0 unspecified atom stereocenters. The van der Waals surface area contributed by atoms with Crippen LogP contribution in [0.4, 0.5) is 21.7 Å². The maximum atomic E-state index is 13.8. The van der Waals surface area contributed by atoms with Gasteiger partial charge < -0.3 is 15.5 Å². The van der Waals surface area contributed by atoms with Crippen LogP contribution in [0.2, 0.25) is 0 Å². The van der Waals surface area contributed by atoms with E-state index >= 15 is 0 Å². The van der Waals surface area contributed by atoms with Crippen molar-refractivity contribution in [1.29, 1.82) is 0 Å². The highest BCUT2D eigenvalue weighted by Gasteiger charge is 2.30. The van der Waals surface area contributed by atoms with Crippen molar-refractivity contribution in [3.05, 3.63) is 47.0 Å². The van der Waals surface area contributed by atoms with Crippen molar-refractivity contribution in [3.63, 3.8) is 0 Å². The zero-order valence-corrected chi connectivity index (χ0v) is 16.5. The highest BCUT2D eigenvalue weighted by atomic mass is 32.1. The lowest BCUT2D eigenvalue weighted by Crippen LogP contribution is -2.37. The van der Waals surface area contributed by atoms with E-state index in [1.807, 2.05) is 0 Å². The van der Waals surface area contributed by atoms with E-state index in [2.05, 4.69) is 19.9 Å². The fourth-order valence-corrected chi connectivity index (χ4v) is 4.73. The lowest BCUT2D eigenvalue weighted by atomic mass is 10.1. The molecule has 4 heterocycles. The van der Waals surface area contributed by atoms with Crippen molar-refractivity contribution in [2.24, 2.45) is 0 Å². The average Bonchev–Trinajstić information content (AvgIpc) is 3.41. The van der Waals surface area contributed by atoms with Crippen LogP contribution in [-0.4, -0.2) is 40.5 Å². The highest BCUT2D eigenvalue weighted by Crippen LogP contribution is 2.33. The lowest BCUT2D eigenvalue weighted by Gasteiger charge is -2.26. The quantitative estimate of drug-likeness (QED) is 0.668. The Morgan fingerprint density at radius 3 is 2.59 bits per heavy atom. The largest absolute Gasteiger partial charge is 0.396 e. The van der Waals surface area contributed by atoms with Gasteiger partial charge in [-0.05, 0) is 31.0 Å². The van der Waals surface area contributed by atoms with Gasteiger partial charge in [0.1, 0.15) is 15.7 Å². The third-order valence-corrected chi connectivity index (χ3v) is 6.41. The number of hydrogen-bond acceptors (Lipinski definition) is 7. The SMILES string of the molecule is Nc1ccc(N2CCc3nc(-c4cnc(N5CCCC5)nc4)sc3C2=O)cc1F. The Bertz CT molecular complexity index is 1080. The molecule has 0 radical (unpaired) electrons. The number of hydrogen-bond donors (Lipinski definition) is 1. The summed E-state index contributed by atoms with van der Waals surface area (Å²) in [5.74, 6) is 0.0373. The molecule has 1 fully saturated rings. The van der Waals surface area contributed by atoms with Gasteiger partial charge in [-0.3, -0.25) is 4.79 Å². The van der Waals surface area contributed by atoms with Crippen LogP contribution >= 0.6 is 11.3 Å². The first-order valence-electron chi connectivity index (χ1n) is 9.54. The molecule has 2 aliphatic rings. The van der Waals surface area contributed by atoms with Gasteiger partial charge in [0.05, 0.1) is 11.4 Å². The molecule has 0 saturated carbocycles. The Hall–Kier alpha value is -3.07. The number of thiazole rings is 1. The van der Waals surface area contributed by atoms with Crippen LogP contribution in [0, 0.1) is 5.82 Å². The van der Waals surface area contributed by atoms with Crippen molar-refractivity contribution in [2.75, 3.05) is 35.2 Å². The van der Waals surface area contributed by atoms with Crippen LogP contribution in [0.5, 0.6) is 0 Å². The standard InChI is InChI=1S/C20H19FN6OS/c21-14-9-13(3-4-15(14)22)27-8-5-16-17(19(27)28)29-18(25-16)12-10-23-20(24-11-12)26-6-1-2-7-26/h3-4,9-11H,1-2,5-8,22H2. The van der Waals surface area contributed by atoms with Crippen LogP contribution in [0.3, 0.4) is 0 Å². The third-order valence-electron chi connectivity index (χ3n) is 5.28. The van der Waals surface area contributed by atoms with Crippen molar-refractivity contribution < 1.29 is 9.18 Å². The Labute approximate surface area is 171 Å². The second kappa shape index (κ2) is 7.07. The summed E-state index contributed by atoms with van der Waals surface area (Å²) >= 11 is 1.33. The summed E-state index contributed by atoms with van der Waals surface area (Å²) in [4.78, 5) is 30.9.